The van der Waals surface area contributed by atoms with E-state index in [2.05, 4.69) is 10.5 Å². The van der Waals surface area contributed by atoms with Crippen molar-refractivity contribution in [2.24, 2.45) is 5.10 Å². The molecule has 0 heterocycles. The van der Waals surface area contributed by atoms with Gasteiger partial charge in [-0.15, -0.1) is 0 Å². The van der Waals surface area contributed by atoms with Gasteiger partial charge in [-0.3, -0.25) is 4.79 Å². The molecule has 0 bridgehead atoms. The van der Waals surface area contributed by atoms with Crippen molar-refractivity contribution in [3.63, 3.8) is 0 Å². The van der Waals surface area contributed by atoms with Gasteiger partial charge in [0.2, 0.25) is 0 Å². The molecule has 6 heteroatoms. The molecule has 2 rings (SSSR count). The van der Waals surface area contributed by atoms with Crippen LogP contribution in [0.25, 0.3) is 0 Å². The lowest BCUT2D eigenvalue weighted by atomic mass is 10.2. The maximum atomic E-state index is 11.8. The first-order valence-electron chi connectivity index (χ1n) is 6.15. The third-order valence-electron chi connectivity index (χ3n) is 2.72. The Bertz CT molecular complexity index is 751. The smallest absolute Gasteiger partial charge is 0.267 e. The molecule has 0 atom stereocenters. The van der Waals surface area contributed by atoms with Crippen LogP contribution in [0, 0.1) is 0 Å². The third kappa shape index (κ3) is 4.25. The zero-order chi connectivity index (χ0) is 15.3. The molecule has 0 spiro atoms. The molecular formula is C15H14N2O3S. The Morgan fingerprint density at radius 2 is 1.67 bits per heavy atom. The molecule has 0 saturated carbocycles. The van der Waals surface area contributed by atoms with Crippen LogP contribution in [0.2, 0.25) is 0 Å². The fraction of sp³-hybridized carbons (Fsp3) is 0.0667. The van der Waals surface area contributed by atoms with Crippen LogP contribution in [0.15, 0.2) is 64.6 Å². The minimum absolute atomic E-state index is 0.173. The lowest BCUT2D eigenvalue weighted by Gasteiger charge is -2.01. The number of carbonyl (C=O) groups is 1. The summed E-state index contributed by atoms with van der Waals surface area (Å²) >= 11 is 0. The van der Waals surface area contributed by atoms with E-state index in [1.807, 2.05) is 30.3 Å². The van der Waals surface area contributed by atoms with Crippen LogP contribution in [-0.4, -0.2) is 26.8 Å². The summed E-state index contributed by atoms with van der Waals surface area (Å²) in [4.78, 5) is 12.0. The first-order valence-corrected chi connectivity index (χ1v) is 8.04. The second kappa shape index (κ2) is 6.32. The second-order valence-electron chi connectivity index (χ2n) is 4.41. The molecule has 0 radical (unpaired) electrons. The summed E-state index contributed by atoms with van der Waals surface area (Å²) < 4.78 is 22.6. The van der Waals surface area contributed by atoms with Gasteiger partial charge in [0, 0.05) is 11.8 Å². The van der Waals surface area contributed by atoms with E-state index in [1.165, 1.54) is 30.5 Å². The number of benzene rings is 2. The van der Waals surface area contributed by atoms with E-state index >= 15 is 0 Å². The number of nitrogens with one attached hydrogen (secondary N) is 1. The molecule has 108 valence electrons. The molecule has 0 unspecified atom stereocenters. The van der Waals surface area contributed by atoms with Crippen molar-refractivity contribution in [2.45, 2.75) is 4.90 Å². The summed E-state index contributed by atoms with van der Waals surface area (Å²) in [7, 11) is -3.26. The first-order chi connectivity index (χ1) is 9.97. The van der Waals surface area contributed by atoms with Gasteiger partial charge in [-0.1, -0.05) is 30.3 Å². The van der Waals surface area contributed by atoms with Gasteiger partial charge in [0.1, 0.15) is 0 Å². The van der Waals surface area contributed by atoms with Gasteiger partial charge in [-0.05, 0) is 29.8 Å². The fourth-order valence-corrected chi connectivity index (χ4v) is 2.25. The number of hydrazone groups is 1. The van der Waals surface area contributed by atoms with Crippen molar-refractivity contribution < 1.29 is 13.2 Å². The van der Waals surface area contributed by atoms with E-state index in [4.69, 9.17) is 0 Å². The highest BCUT2D eigenvalue weighted by molar-refractivity contribution is 7.90. The molecule has 0 aliphatic carbocycles. The van der Waals surface area contributed by atoms with Crippen molar-refractivity contribution >= 4 is 22.0 Å². The predicted molar refractivity (Wildman–Crippen MR) is 81.1 cm³/mol. The second-order valence-corrected chi connectivity index (χ2v) is 6.42. The monoisotopic (exact) mass is 302 g/mol. The number of hydrogen-bond donors (Lipinski definition) is 1. The zero-order valence-corrected chi connectivity index (χ0v) is 12.2. The Morgan fingerprint density at radius 3 is 2.24 bits per heavy atom. The Morgan fingerprint density at radius 1 is 1.05 bits per heavy atom. The molecule has 0 aliphatic heterocycles. The largest absolute Gasteiger partial charge is 0.271 e. The van der Waals surface area contributed by atoms with Gasteiger partial charge in [0.05, 0.1) is 11.1 Å². The molecule has 1 N–H and O–H groups in total. The van der Waals surface area contributed by atoms with E-state index in [1.54, 1.807) is 0 Å². The number of sulfone groups is 1. The topological polar surface area (TPSA) is 75.6 Å². The van der Waals surface area contributed by atoms with Gasteiger partial charge < -0.3 is 0 Å². The standard InChI is InChI=1S/C15H14N2O3S/c1-21(19,20)14-9-7-13(8-10-14)15(18)17-16-11-12-5-3-2-4-6-12/h2-11H,1H3,(H,17,18)/b16-11+. The molecule has 1 amide bonds. The molecule has 0 fully saturated rings. The Kier molecular flexibility index (Phi) is 4.49. The minimum Gasteiger partial charge on any atom is -0.267 e. The highest BCUT2D eigenvalue weighted by atomic mass is 32.2. The summed E-state index contributed by atoms with van der Waals surface area (Å²) in [5.74, 6) is -0.401. The van der Waals surface area contributed by atoms with Crippen molar-refractivity contribution in [3.05, 3.63) is 65.7 Å². The molecule has 0 aliphatic rings. The van der Waals surface area contributed by atoms with Crippen LogP contribution < -0.4 is 5.43 Å². The van der Waals surface area contributed by atoms with Crippen molar-refractivity contribution in [3.8, 4) is 0 Å². The average molecular weight is 302 g/mol. The van der Waals surface area contributed by atoms with E-state index < -0.39 is 15.7 Å². The molecule has 2 aromatic rings. The molecular weight excluding hydrogens is 288 g/mol. The Hall–Kier alpha value is -2.47. The molecule has 0 saturated heterocycles. The molecule has 0 aromatic heterocycles. The van der Waals surface area contributed by atoms with Gasteiger partial charge >= 0.3 is 0 Å². The van der Waals surface area contributed by atoms with Crippen LogP contribution in [0.1, 0.15) is 15.9 Å². The number of amides is 1. The van der Waals surface area contributed by atoms with Crippen LogP contribution in [0.5, 0.6) is 0 Å². The van der Waals surface area contributed by atoms with Crippen LogP contribution in [0.4, 0.5) is 0 Å². The molecule has 2 aromatic carbocycles. The third-order valence-corrected chi connectivity index (χ3v) is 3.85. The van der Waals surface area contributed by atoms with E-state index in [9.17, 15) is 13.2 Å². The fourth-order valence-electron chi connectivity index (χ4n) is 1.62. The van der Waals surface area contributed by atoms with Gasteiger partial charge in [0.15, 0.2) is 9.84 Å². The molecule has 21 heavy (non-hydrogen) atoms. The Balaban J connectivity index is 2.02. The van der Waals surface area contributed by atoms with Crippen molar-refractivity contribution in [1.29, 1.82) is 0 Å². The normalized spacial score (nSPS) is 11.5. The summed E-state index contributed by atoms with van der Waals surface area (Å²) in [6.45, 7) is 0. The minimum atomic E-state index is -3.26. The van der Waals surface area contributed by atoms with Crippen molar-refractivity contribution in [1.82, 2.24) is 5.43 Å². The lowest BCUT2D eigenvalue weighted by molar-refractivity contribution is 0.0955. The van der Waals surface area contributed by atoms with Crippen molar-refractivity contribution in [2.75, 3.05) is 6.26 Å². The highest BCUT2D eigenvalue weighted by Gasteiger charge is 2.09. The summed E-state index contributed by atoms with van der Waals surface area (Å²) in [6, 6.07) is 15.0. The number of rotatable bonds is 4. The Labute approximate surface area is 123 Å². The highest BCUT2D eigenvalue weighted by Crippen LogP contribution is 2.10. The van der Waals surface area contributed by atoms with E-state index in [-0.39, 0.29) is 4.90 Å². The zero-order valence-electron chi connectivity index (χ0n) is 11.4. The maximum absolute atomic E-state index is 11.8. The lowest BCUT2D eigenvalue weighted by Crippen LogP contribution is -2.17. The van der Waals surface area contributed by atoms with Crippen LogP contribution in [0.3, 0.4) is 0 Å². The quantitative estimate of drug-likeness (QED) is 0.692. The van der Waals surface area contributed by atoms with Gasteiger partial charge in [0.25, 0.3) is 5.91 Å². The van der Waals surface area contributed by atoms with Gasteiger partial charge in [-0.2, -0.15) is 5.10 Å². The summed E-state index contributed by atoms with van der Waals surface area (Å²) in [6.07, 6.45) is 2.65. The maximum Gasteiger partial charge on any atom is 0.271 e. The van der Waals surface area contributed by atoms with E-state index in [0.29, 0.717) is 5.56 Å². The molecule has 5 nitrogen and oxygen atoms in total. The van der Waals surface area contributed by atoms with Crippen LogP contribution >= 0.6 is 0 Å². The predicted octanol–water partition coefficient (Wildman–Crippen LogP) is 1.85. The number of nitrogens with zero attached hydrogens (tertiary/aromatic N) is 1. The SMILES string of the molecule is CS(=O)(=O)c1ccc(C(=O)N/N=C/c2ccccc2)cc1. The van der Waals surface area contributed by atoms with Gasteiger partial charge in [-0.25, -0.2) is 13.8 Å². The number of hydrogen-bond acceptors (Lipinski definition) is 4. The summed E-state index contributed by atoms with van der Waals surface area (Å²) in [5, 5.41) is 3.85. The van der Waals surface area contributed by atoms with E-state index in [0.717, 1.165) is 11.8 Å². The summed E-state index contributed by atoms with van der Waals surface area (Å²) in [5.41, 5.74) is 3.59. The van der Waals surface area contributed by atoms with Crippen LogP contribution in [-0.2, 0) is 9.84 Å². The average Bonchev–Trinajstić information content (AvgIpc) is 2.47. The number of carbonyl (C=O) groups excluding carboxylic acids is 1. The first kappa shape index (κ1) is 14.9.